The monoisotopic (exact) mass is 312 g/mol. The Hall–Kier alpha value is -2.63. The lowest BCUT2D eigenvalue weighted by Gasteiger charge is -2.26. The lowest BCUT2D eigenvalue weighted by molar-refractivity contribution is 0.194. The first kappa shape index (κ1) is 15.3. The van der Waals surface area contributed by atoms with E-state index >= 15 is 0 Å². The Morgan fingerprint density at radius 3 is 2.35 bits per heavy atom. The quantitative estimate of drug-likeness (QED) is 0.939. The fraction of sp³-hybridized carbons (Fsp3) is 0.353. The molecule has 23 heavy (non-hydrogen) atoms. The molecule has 2 heterocycles. The summed E-state index contributed by atoms with van der Waals surface area (Å²) in [6.07, 6.45) is 5.35. The lowest BCUT2D eigenvalue weighted by atomic mass is 10.2. The molecule has 1 fully saturated rings. The van der Waals surface area contributed by atoms with E-state index in [2.05, 4.69) is 29.1 Å². The summed E-state index contributed by atoms with van der Waals surface area (Å²) in [5.41, 5.74) is 0.739. The summed E-state index contributed by atoms with van der Waals surface area (Å²) in [6, 6.07) is 9.71. The predicted octanol–water partition coefficient (Wildman–Crippen LogP) is 3.67. The van der Waals surface area contributed by atoms with E-state index in [-0.39, 0.29) is 18.1 Å². The standard InChI is InChI=1S/C17H20N4O2/c1-12-4-5-13(2)21(12)17(22)20-14-6-8-15(9-7-14)23-16-18-10-3-11-19-16/h3,6-13H,4-5H2,1-2H3,(H,20,22)/t12-,13+. The van der Waals surface area contributed by atoms with Crippen molar-refractivity contribution in [3.63, 3.8) is 0 Å². The highest BCUT2D eigenvalue weighted by molar-refractivity contribution is 5.90. The zero-order valence-electron chi connectivity index (χ0n) is 13.3. The van der Waals surface area contributed by atoms with E-state index in [1.165, 1.54) is 0 Å². The van der Waals surface area contributed by atoms with Crippen LogP contribution in [0.4, 0.5) is 10.5 Å². The Labute approximate surface area is 135 Å². The summed E-state index contributed by atoms with van der Waals surface area (Å²) >= 11 is 0. The van der Waals surface area contributed by atoms with E-state index in [1.807, 2.05) is 17.0 Å². The molecule has 0 radical (unpaired) electrons. The number of likely N-dealkylation sites (tertiary alicyclic amines) is 1. The van der Waals surface area contributed by atoms with E-state index in [0.29, 0.717) is 11.8 Å². The summed E-state index contributed by atoms with van der Waals surface area (Å²) in [6.45, 7) is 4.17. The molecule has 0 spiro atoms. The molecular weight excluding hydrogens is 292 g/mol. The minimum Gasteiger partial charge on any atom is -0.424 e. The van der Waals surface area contributed by atoms with Crippen molar-refractivity contribution < 1.29 is 9.53 Å². The van der Waals surface area contributed by atoms with Gasteiger partial charge in [0.15, 0.2) is 0 Å². The predicted molar refractivity (Wildman–Crippen MR) is 87.6 cm³/mol. The topological polar surface area (TPSA) is 67.4 Å². The zero-order valence-corrected chi connectivity index (χ0v) is 13.3. The molecule has 1 aliphatic heterocycles. The molecular formula is C17H20N4O2. The van der Waals surface area contributed by atoms with Crippen molar-refractivity contribution in [2.75, 3.05) is 5.32 Å². The van der Waals surface area contributed by atoms with Gasteiger partial charge in [-0.25, -0.2) is 14.8 Å². The third kappa shape index (κ3) is 3.59. The van der Waals surface area contributed by atoms with Gasteiger partial charge in [0.1, 0.15) is 5.75 Å². The molecule has 1 aliphatic rings. The summed E-state index contributed by atoms with van der Waals surface area (Å²) in [4.78, 5) is 22.3. The number of nitrogens with one attached hydrogen (secondary N) is 1. The minimum absolute atomic E-state index is 0.0532. The van der Waals surface area contributed by atoms with Crippen LogP contribution in [0.15, 0.2) is 42.7 Å². The fourth-order valence-electron chi connectivity index (χ4n) is 2.83. The molecule has 1 aromatic carbocycles. The number of nitrogens with zero attached hydrogens (tertiary/aromatic N) is 3. The molecule has 1 saturated heterocycles. The number of rotatable bonds is 3. The smallest absolute Gasteiger partial charge is 0.322 e. The molecule has 1 aromatic heterocycles. The molecule has 3 rings (SSSR count). The molecule has 6 nitrogen and oxygen atoms in total. The van der Waals surface area contributed by atoms with E-state index in [9.17, 15) is 4.79 Å². The van der Waals surface area contributed by atoms with Crippen LogP contribution >= 0.6 is 0 Å². The van der Waals surface area contributed by atoms with Crippen molar-refractivity contribution in [2.45, 2.75) is 38.8 Å². The van der Waals surface area contributed by atoms with Crippen LogP contribution in [0.5, 0.6) is 11.8 Å². The molecule has 2 amide bonds. The van der Waals surface area contributed by atoms with Crippen LogP contribution in [0.3, 0.4) is 0 Å². The minimum atomic E-state index is -0.0532. The number of aromatic nitrogens is 2. The van der Waals surface area contributed by atoms with Gasteiger partial charge in [0, 0.05) is 30.2 Å². The highest BCUT2D eigenvalue weighted by Crippen LogP contribution is 2.25. The Morgan fingerprint density at radius 1 is 1.13 bits per heavy atom. The van der Waals surface area contributed by atoms with Crippen LogP contribution in [0.2, 0.25) is 0 Å². The average Bonchev–Trinajstić information content (AvgIpc) is 2.89. The molecule has 120 valence electrons. The maximum atomic E-state index is 12.4. The van der Waals surface area contributed by atoms with Crippen molar-refractivity contribution >= 4 is 11.7 Å². The first-order valence-electron chi connectivity index (χ1n) is 7.78. The number of hydrogen-bond acceptors (Lipinski definition) is 4. The highest BCUT2D eigenvalue weighted by Gasteiger charge is 2.31. The fourth-order valence-corrected chi connectivity index (χ4v) is 2.83. The largest absolute Gasteiger partial charge is 0.424 e. The van der Waals surface area contributed by atoms with Gasteiger partial charge >= 0.3 is 12.0 Å². The Kier molecular flexibility index (Phi) is 4.41. The number of amides is 2. The molecule has 2 atom stereocenters. The number of hydrogen-bond donors (Lipinski definition) is 1. The van der Waals surface area contributed by atoms with Gasteiger partial charge in [-0.1, -0.05) is 0 Å². The van der Waals surface area contributed by atoms with Crippen molar-refractivity contribution in [2.24, 2.45) is 0 Å². The van der Waals surface area contributed by atoms with Gasteiger partial charge in [-0.05, 0) is 57.0 Å². The first-order chi connectivity index (χ1) is 11.1. The zero-order chi connectivity index (χ0) is 16.2. The molecule has 2 aromatic rings. The number of carbonyl (C=O) groups is 1. The second kappa shape index (κ2) is 6.64. The van der Waals surface area contributed by atoms with Gasteiger partial charge in [0.25, 0.3) is 0 Å². The summed E-state index contributed by atoms with van der Waals surface area (Å²) in [5.74, 6) is 0.622. The van der Waals surface area contributed by atoms with E-state index in [1.54, 1.807) is 30.6 Å². The van der Waals surface area contributed by atoms with Crippen molar-refractivity contribution in [3.8, 4) is 11.8 Å². The van der Waals surface area contributed by atoms with Gasteiger partial charge in [-0.2, -0.15) is 0 Å². The Balaban J connectivity index is 1.62. The van der Waals surface area contributed by atoms with Gasteiger partial charge < -0.3 is 15.0 Å². The van der Waals surface area contributed by atoms with E-state index in [4.69, 9.17) is 4.74 Å². The SMILES string of the molecule is C[C@@H]1CC[C@H](C)N1C(=O)Nc1ccc(Oc2ncccn2)cc1. The first-order valence-corrected chi connectivity index (χ1v) is 7.78. The maximum absolute atomic E-state index is 12.4. The number of ether oxygens (including phenoxy) is 1. The van der Waals surface area contributed by atoms with Gasteiger partial charge in [0.2, 0.25) is 0 Å². The highest BCUT2D eigenvalue weighted by atomic mass is 16.5. The maximum Gasteiger partial charge on any atom is 0.322 e. The molecule has 1 N–H and O–H groups in total. The van der Waals surface area contributed by atoms with Gasteiger partial charge in [-0.15, -0.1) is 0 Å². The molecule has 0 aliphatic carbocycles. The van der Waals surface area contributed by atoms with Crippen LogP contribution in [-0.2, 0) is 0 Å². The van der Waals surface area contributed by atoms with Crippen LogP contribution in [0, 0.1) is 0 Å². The number of urea groups is 1. The third-order valence-corrected chi connectivity index (χ3v) is 4.04. The summed E-state index contributed by atoms with van der Waals surface area (Å²) < 4.78 is 5.53. The Morgan fingerprint density at radius 2 is 1.74 bits per heavy atom. The second-order valence-electron chi connectivity index (χ2n) is 5.77. The van der Waals surface area contributed by atoms with Crippen molar-refractivity contribution in [1.29, 1.82) is 0 Å². The van der Waals surface area contributed by atoms with Crippen LogP contribution in [-0.4, -0.2) is 33.0 Å². The molecule has 0 saturated carbocycles. The Bertz CT molecular complexity index is 650. The average molecular weight is 312 g/mol. The number of anilines is 1. The van der Waals surface area contributed by atoms with Crippen molar-refractivity contribution in [3.05, 3.63) is 42.7 Å². The molecule has 6 heteroatoms. The summed E-state index contributed by atoms with van der Waals surface area (Å²) in [5, 5.41) is 2.94. The third-order valence-electron chi connectivity index (χ3n) is 4.04. The van der Waals surface area contributed by atoms with Gasteiger partial charge in [0.05, 0.1) is 0 Å². The van der Waals surface area contributed by atoms with E-state index < -0.39 is 0 Å². The second-order valence-corrected chi connectivity index (χ2v) is 5.77. The van der Waals surface area contributed by atoms with Crippen LogP contribution < -0.4 is 10.1 Å². The number of benzene rings is 1. The number of carbonyl (C=O) groups excluding carboxylic acids is 1. The van der Waals surface area contributed by atoms with E-state index in [0.717, 1.165) is 18.5 Å². The summed E-state index contributed by atoms with van der Waals surface area (Å²) in [7, 11) is 0. The van der Waals surface area contributed by atoms with Gasteiger partial charge in [-0.3, -0.25) is 0 Å². The lowest BCUT2D eigenvalue weighted by Crippen LogP contribution is -2.41. The van der Waals surface area contributed by atoms with Crippen LogP contribution in [0.25, 0.3) is 0 Å². The van der Waals surface area contributed by atoms with Crippen LogP contribution in [0.1, 0.15) is 26.7 Å². The van der Waals surface area contributed by atoms with Crippen molar-refractivity contribution in [1.82, 2.24) is 14.9 Å². The normalized spacial score (nSPS) is 20.3. The molecule has 0 unspecified atom stereocenters. The molecule has 0 bridgehead atoms.